The summed E-state index contributed by atoms with van der Waals surface area (Å²) in [6.07, 6.45) is 5.53. The molecule has 1 unspecified atom stereocenters. The van der Waals surface area contributed by atoms with Crippen LogP contribution in [-0.4, -0.2) is 60.5 Å². The van der Waals surface area contributed by atoms with Gasteiger partial charge in [-0.05, 0) is 12.8 Å². The van der Waals surface area contributed by atoms with Crippen LogP contribution in [0.5, 0.6) is 0 Å². The van der Waals surface area contributed by atoms with Crippen molar-refractivity contribution in [1.29, 1.82) is 0 Å². The normalized spacial score (nSPS) is 33.1. The Kier molecular flexibility index (Phi) is 2.86. The van der Waals surface area contributed by atoms with Crippen molar-refractivity contribution in [1.82, 2.24) is 15.1 Å². The molecule has 1 saturated carbocycles. The van der Waals surface area contributed by atoms with Gasteiger partial charge in [0.2, 0.25) is 5.91 Å². The Bertz CT molecular complexity index is 275. The van der Waals surface area contributed by atoms with Crippen LogP contribution in [0.2, 0.25) is 0 Å². The second-order valence-electron chi connectivity index (χ2n) is 5.31. The third kappa shape index (κ3) is 1.84. The molecule has 1 aliphatic carbocycles. The highest BCUT2D eigenvalue weighted by Crippen LogP contribution is 2.26. The topological polar surface area (TPSA) is 35.6 Å². The molecule has 3 aliphatic rings. The molecule has 0 bridgehead atoms. The van der Waals surface area contributed by atoms with Crippen LogP contribution in [0.25, 0.3) is 0 Å². The molecular weight excluding hydrogens is 202 g/mol. The fourth-order valence-corrected chi connectivity index (χ4v) is 3.43. The molecule has 0 spiro atoms. The predicted octanol–water partition coefficient (Wildman–Crippen LogP) is 0.0450. The molecule has 4 heteroatoms. The third-order valence-electron chi connectivity index (χ3n) is 4.33. The van der Waals surface area contributed by atoms with Crippen molar-refractivity contribution in [3.8, 4) is 0 Å². The van der Waals surface area contributed by atoms with Crippen LogP contribution in [0.3, 0.4) is 0 Å². The van der Waals surface area contributed by atoms with Crippen LogP contribution >= 0.6 is 0 Å². The van der Waals surface area contributed by atoms with Gasteiger partial charge < -0.3 is 10.2 Å². The third-order valence-corrected chi connectivity index (χ3v) is 4.33. The fraction of sp³-hybridized carbons (Fsp3) is 0.917. The minimum Gasteiger partial charge on any atom is -0.335 e. The van der Waals surface area contributed by atoms with Gasteiger partial charge in [-0.15, -0.1) is 0 Å². The zero-order chi connectivity index (χ0) is 11.0. The molecular formula is C12H21N3O. The summed E-state index contributed by atoms with van der Waals surface area (Å²) in [5.74, 6) is 0.294. The van der Waals surface area contributed by atoms with Crippen molar-refractivity contribution in [3.63, 3.8) is 0 Å². The van der Waals surface area contributed by atoms with E-state index in [1.165, 1.54) is 25.7 Å². The highest BCUT2D eigenvalue weighted by molar-refractivity contribution is 5.79. The molecule has 3 fully saturated rings. The summed E-state index contributed by atoms with van der Waals surface area (Å²) in [5.41, 5.74) is 0. The maximum absolute atomic E-state index is 11.7. The zero-order valence-corrected chi connectivity index (χ0v) is 9.82. The minimum absolute atomic E-state index is 0.294. The SMILES string of the molecule is O=C1CNCC2CN(C3CCCC3)CCN12. The van der Waals surface area contributed by atoms with Crippen LogP contribution in [0.1, 0.15) is 25.7 Å². The molecule has 0 aromatic heterocycles. The first-order chi connectivity index (χ1) is 7.84. The van der Waals surface area contributed by atoms with E-state index in [-0.39, 0.29) is 0 Å². The summed E-state index contributed by atoms with van der Waals surface area (Å²) in [6.45, 7) is 4.65. The molecule has 0 radical (unpaired) electrons. The number of carbonyl (C=O) groups excluding carboxylic acids is 1. The van der Waals surface area contributed by atoms with E-state index in [0.717, 1.165) is 32.2 Å². The lowest BCUT2D eigenvalue weighted by Crippen LogP contribution is -2.64. The lowest BCUT2D eigenvalue weighted by atomic mass is 10.1. The molecule has 90 valence electrons. The Morgan fingerprint density at radius 3 is 2.75 bits per heavy atom. The molecule has 0 aromatic rings. The average molecular weight is 223 g/mol. The van der Waals surface area contributed by atoms with Gasteiger partial charge in [-0.2, -0.15) is 0 Å². The van der Waals surface area contributed by atoms with Crippen molar-refractivity contribution in [2.75, 3.05) is 32.7 Å². The first-order valence-electron chi connectivity index (χ1n) is 6.59. The first kappa shape index (κ1) is 10.5. The highest BCUT2D eigenvalue weighted by Gasteiger charge is 2.35. The van der Waals surface area contributed by atoms with Crippen molar-refractivity contribution in [2.24, 2.45) is 0 Å². The molecule has 3 rings (SSSR count). The maximum atomic E-state index is 11.7. The fourth-order valence-electron chi connectivity index (χ4n) is 3.43. The molecule has 0 aromatic carbocycles. The number of amides is 1. The van der Waals surface area contributed by atoms with Crippen molar-refractivity contribution in [2.45, 2.75) is 37.8 Å². The number of piperazine rings is 2. The van der Waals surface area contributed by atoms with E-state index in [2.05, 4.69) is 15.1 Å². The lowest BCUT2D eigenvalue weighted by molar-refractivity contribution is -0.138. The Hall–Kier alpha value is -0.610. The number of rotatable bonds is 1. The van der Waals surface area contributed by atoms with Crippen LogP contribution in [0.4, 0.5) is 0 Å². The summed E-state index contributed by atoms with van der Waals surface area (Å²) in [4.78, 5) is 16.4. The van der Waals surface area contributed by atoms with Gasteiger partial charge in [-0.1, -0.05) is 12.8 Å². The van der Waals surface area contributed by atoms with Gasteiger partial charge in [0.25, 0.3) is 0 Å². The summed E-state index contributed by atoms with van der Waals surface area (Å²) in [6, 6.07) is 1.23. The smallest absolute Gasteiger partial charge is 0.236 e. The zero-order valence-electron chi connectivity index (χ0n) is 9.82. The van der Waals surface area contributed by atoms with Gasteiger partial charge in [0.05, 0.1) is 12.6 Å². The van der Waals surface area contributed by atoms with E-state index >= 15 is 0 Å². The first-order valence-corrected chi connectivity index (χ1v) is 6.59. The molecule has 2 aliphatic heterocycles. The van der Waals surface area contributed by atoms with Crippen LogP contribution in [0, 0.1) is 0 Å². The number of nitrogens with one attached hydrogen (secondary N) is 1. The van der Waals surface area contributed by atoms with Gasteiger partial charge in [-0.3, -0.25) is 9.69 Å². The Morgan fingerprint density at radius 1 is 1.12 bits per heavy atom. The largest absolute Gasteiger partial charge is 0.335 e. The Morgan fingerprint density at radius 2 is 1.94 bits per heavy atom. The van der Waals surface area contributed by atoms with E-state index in [1.807, 2.05) is 0 Å². The van der Waals surface area contributed by atoms with Crippen molar-refractivity contribution < 1.29 is 4.79 Å². The molecule has 16 heavy (non-hydrogen) atoms. The van der Waals surface area contributed by atoms with Gasteiger partial charge in [0.1, 0.15) is 0 Å². The summed E-state index contributed by atoms with van der Waals surface area (Å²) in [5, 5.41) is 3.23. The van der Waals surface area contributed by atoms with Crippen molar-refractivity contribution >= 4 is 5.91 Å². The second kappa shape index (κ2) is 4.34. The molecule has 1 atom stereocenters. The van der Waals surface area contributed by atoms with E-state index in [1.54, 1.807) is 0 Å². The Labute approximate surface area is 97.0 Å². The molecule has 2 saturated heterocycles. The Balaban J connectivity index is 1.63. The summed E-state index contributed by atoms with van der Waals surface area (Å²) >= 11 is 0. The number of nitrogens with zero attached hydrogens (tertiary/aromatic N) is 2. The molecule has 2 heterocycles. The van der Waals surface area contributed by atoms with Gasteiger partial charge in [-0.25, -0.2) is 0 Å². The molecule has 1 amide bonds. The molecule has 1 N–H and O–H groups in total. The highest BCUT2D eigenvalue weighted by atomic mass is 16.2. The van der Waals surface area contributed by atoms with Crippen LogP contribution in [-0.2, 0) is 4.79 Å². The summed E-state index contributed by atoms with van der Waals surface area (Å²) < 4.78 is 0. The number of carbonyl (C=O) groups is 1. The monoisotopic (exact) mass is 223 g/mol. The lowest BCUT2D eigenvalue weighted by Gasteiger charge is -2.46. The van der Waals surface area contributed by atoms with E-state index < -0.39 is 0 Å². The van der Waals surface area contributed by atoms with Crippen LogP contribution in [0.15, 0.2) is 0 Å². The minimum atomic E-state index is 0.294. The maximum Gasteiger partial charge on any atom is 0.236 e. The number of hydrogen-bond donors (Lipinski definition) is 1. The van der Waals surface area contributed by atoms with Gasteiger partial charge in [0.15, 0.2) is 0 Å². The van der Waals surface area contributed by atoms with Gasteiger partial charge >= 0.3 is 0 Å². The predicted molar refractivity (Wildman–Crippen MR) is 62.2 cm³/mol. The van der Waals surface area contributed by atoms with E-state index in [4.69, 9.17) is 0 Å². The molecule has 4 nitrogen and oxygen atoms in total. The average Bonchev–Trinajstić information content (AvgIpc) is 2.82. The number of hydrogen-bond acceptors (Lipinski definition) is 3. The quantitative estimate of drug-likeness (QED) is 0.682. The second-order valence-corrected chi connectivity index (χ2v) is 5.31. The van der Waals surface area contributed by atoms with E-state index in [0.29, 0.717) is 18.5 Å². The van der Waals surface area contributed by atoms with Gasteiger partial charge in [0, 0.05) is 32.2 Å². The van der Waals surface area contributed by atoms with Crippen molar-refractivity contribution in [3.05, 3.63) is 0 Å². The van der Waals surface area contributed by atoms with E-state index in [9.17, 15) is 4.79 Å². The van der Waals surface area contributed by atoms with Crippen LogP contribution < -0.4 is 5.32 Å². The summed E-state index contributed by atoms with van der Waals surface area (Å²) in [7, 11) is 0. The number of fused-ring (bicyclic) bond motifs is 1. The standard InChI is InChI=1S/C12H21N3O/c16-12-8-13-7-11-9-14(5-6-15(11)12)10-3-1-2-4-10/h10-11,13H,1-9H2.